The van der Waals surface area contributed by atoms with Gasteiger partial charge in [0.05, 0.1) is 10.7 Å². The molecule has 21 heavy (non-hydrogen) atoms. The summed E-state index contributed by atoms with van der Waals surface area (Å²) in [7, 11) is -3.80. The molecular formula is C12H14N2O5S2. The minimum Gasteiger partial charge on any atom is -0.475 e. The monoisotopic (exact) mass is 330 g/mol. The largest absolute Gasteiger partial charge is 0.475 e. The molecule has 0 fully saturated rings. The summed E-state index contributed by atoms with van der Waals surface area (Å²) < 4.78 is 31.5. The number of nitrogens with zero attached hydrogens (tertiary/aromatic N) is 1. The number of hydrogen-bond acceptors (Lipinski definition) is 6. The fraction of sp³-hybridized carbons (Fsp3) is 0.333. The third kappa shape index (κ3) is 3.69. The minimum atomic E-state index is -3.80. The van der Waals surface area contributed by atoms with E-state index in [0.717, 1.165) is 16.8 Å². The van der Waals surface area contributed by atoms with Crippen molar-refractivity contribution in [1.29, 1.82) is 0 Å². The van der Waals surface area contributed by atoms with Crippen molar-refractivity contribution in [2.24, 2.45) is 0 Å². The molecule has 0 unspecified atom stereocenters. The average Bonchev–Trinajstić information content (AvgIpc) is 2.96. The molecule has 2 rings (SSSR count). The number of thiazole rings is 1. The molecule has 0 aliphatic carbocycles. The maximum Gasteiger partial charge on any atom is 0.371 e. The molecule has 0 aromatic carbocycles. The molecule has 2 aromatic rings. The summed E-state index contributed by atoms with van der Waals surface area (Å²) in [6.45, 7) is 3.46. The number of hydrogen-bond donors (Lipinski definition) is 2. The third-order valence-corrected chi connectivity index (χ3v) is 5.10. The van der Waals surface area contributed by atoms with Crippen LogP contribution < -0.4 is 4.72 Å². The molecule has 2 heterocycles. The second-order valence-corrected chi connectivity index (χ2v) is 7.14. The molecule has 114 valence electrons. The van der Waals surface area contributed by atoms with Crippen LogP contribution in [0.2, 0.25) is 0 Å². The van der Waals surface area contributed by atoms with Crippen molar-refractivity contribution in [2.45, 2.75) is 25.2 Å². The molecular weight excluding hydrogens is 316 g/mol. The summed E-state index contributed by atoms with van der Waals surface area (Å²) in [6.07, 6.45) is 0.465. The van der Waals surface area contributed by atoms with Gasteiger partial charge in [-0.15, -0.1) is 11.3 Å². The summed E-state index contributed by atoms with van der Waals surface area (Å²) >= 11 is 1.50. The zero-order valence-corrected chi connectivity index (χ0v) is 13.0. The Balaban J connectivity index is 2.06. The van der Waals surface area contributed by atoms with Crippen LogP contribution in [0.15, 0.2) is 20.8 Å². The van der Waals surface area contributed by atoms with E-state index in [1.807, 2.05) is 12.3 Å². The first kappa shape index (κ1) is 15.7. The zero-order valence-electron chi connectivity index (χ0n) is 11.4. The van der Waals surface area contributed by atoms with Crippen molar-refractivity contribution in [2.75, 3.05) is 6.54 Å². The first-order chi connectivity index (χ1) is 9.79. The maximum atomic E-state index is 12.1. The lowest BCUT2D eigenvalue weighted by molar-refractivity contribution is 0.0661. The van der Waals surface area contributed by atoms with E-state index in [2.05, 4.69) is 9.71 Å². The third-order valence-electron chi connectivity index (χ3n) is 2.71. The second kappa shape index (κ2) is 5.96. The molecule has 9 heteroatoms. The minimum absolute atomic E-state index is 0.0457. The Kier molecular flexibility index (Phi) is 4.45. The number of furan rings is 1. The quantitative estimate of drug-likeness (QED) is 0.832. The number of carboxylic acids is 1. The Morgan fingerprint density at radius 1 is 1.48 bits per heavy atom. The fourth-order valence-corrected chi connectivity index (χ4v) is 3.61. The highest BCUT2D eigenvalue weighted by atomic mass is 32.2. The van der Waals surface area contributed by atoms with Crippen molar-refractivity contribution in [3.8, 4) is 0 Å². The Morgan fingerprint density at radius 2 is 2.19 bits per heavy atom. The van der Waals surface area contributed by atoms with Crippen molar-refractivity contribution < 1.29 is 22.7 Å². The molecule has 0 aliphatic rings. The number of sulfonamides is 1. The van der Waals surface area contributed by atoms with Crippen LogP contribution in [0, 0.1) is 13.8 Å². The van der Waals surface area contributed by atoms with E-state index in [-0.39, 0.29) is 17.2 Å². The number of rotatable bonds is 6. The normalized spacial score (nSPS) is 11.7. The number of carboxylic acid groups (broad SMARTS) is 1. The van der Waals surface area contributed by atoms with Gasteiger partial charge >= 0.3 is 5.97 Å². The van der Waals surface area contributed by atoms with E-state index in [9.17, 15) is 13.2 Å². The highest BCUT2D eigenvalue weighted by Gasteiger charge is 2.23. The van der Waals surface area contributed by atoms with Gasteiger partial charge in [-0.05, 0) is 13.8 Å². The van der Waals surface area contributed by atoms with Gasteiger partial charge < -0.3 is 9.52 Å². The summed E-state index contributed by atoms with van der Waals surface area (Å²) in [5.74, 6) is -1.66. The van der Waals surface area contributed by atoms with Crippen LogP contribution in [0.5, 0.6) is 0 Å². The van der Waals surface area contributed by atoms with Crippen LogP contribution in [-0.2, 0) is 16.4 Å². The molecule has 0 bridgehead atoms. The number of aryl methyl sites for hydroxylation is 2. The molecule has 0 atom stereocenters. The predicted molar refractivity (Wildman–Crippen MR) is 76.1 cm³/mol. The number of aromatic nitrogens is 1. The lowest BCUT2D eigenvalue weighted by Crippen LogP contribution is -2.26. The molecule has 2 aromatic heterocycles. The van der Waals surface area contributed by atoms with Crippen LogP contribution in [0.25, 0.3) is 0 Å². The number of carbonyl (C=O) groups is 1. The van der Waals surface area contributed by atoms with Crippen LogP contribution in [0.1, 0.15) is 27.0 Å². The van der Waals surface area contributed by atoms with Gasteiger partial charge in [-0.1, -0.05) is 0 Å². The van der Waals surface area contributed by atoms with Crippen LogP contribution in [-0.4, -0.2) is 31.0 Å². The Hall–Kier alpha value is -1.71. The maximum absolute atomic E-state index is 12.1. The van der Waals surface area contributed by atoms with E-state index in [1.165, 1.54) is 18.3 Å². The highest BCUT2D eigenvalue weighted by Crippen LogP contribution is 2.20. The Bertz CT molecular complexity index is 760. The standard InChI is InChI=1S/C12H14N2O5S2/c1-7-11(5-10(19-7)12(15)16)21(17,18)13-4-3-9-6-20-8(2)14-9/h5-6,13H,3-4H2,1-2H3,(H,15,16). The van der Waals surface area contributed by atoms with Crippen molar-refractivity contribution in [1.82, 2.24) is 9.71 Å². The molecule has 0 saturated carbocycles. The lowest BCUT2D eigenvalue weighted by atomic mass is 10.3. The summed E-state index contributed by atoms with van der Waals surface area (Å²) in [5.41, 5.74) is 0.815. The summed E-state index contributed by atoms with van der Waals surface area (Å²) in [4.78, 5) is 14.9. The van der Waals surface area contributed by atoms with Gasteiger partial charge in [0.15, 0.2) is 0 Å². The molecule has 0 aliphatic heterocycles. The molecule has 0 spiro atoms. The van der Waals surface area contributed by atoms with Gasteiger partial charge in [-0.2, -0.15) is 0 Å². The van der Waals surface area contributed by atoms with E-state index < -0.39 is 21.8 Å². The van der Waals surface area contributed by atoms with E-state index in [0.29, 0.717) is 6.42 Å². The molecule has 2 N–H and O–H groups in total. The van der Waals surface area contributed by atoms with Gasteiger partial charge in [0.1, 0.15) is 10.7 Å². The lowest BCUT2D eigenvalue weighted by Gasteiger charge is -2.04. The van der Waals surface area contributed by atoms with Crippen molar-refractivity contribution in [3.63, 3.8) is 0 Å². The van der Waals surface area contributed by atoms with Gasteiger partial charge in [0, 0.05) is 24.4 Å². The van der Waals surface area contributed by atoms with Crippen LogP contribution in [0.3, 0.4) is 0 Å². The topological polar surface area (TPSA) is 110 Å². The van der Waals surface area contributed by atoms with Gasteiger partial charge in [-0.25, -0.2) is 22.9 Å². The SMILES string of the molecule is Cc1nc(CCNS(=O)(=O)c2cc(C(=O)O)oc2C)cs1. The summed E-state index contributed by atoms with van der Waals surface area (Å²) in [6, 6.07) is 1.01. The van der Waals surface area contributed by atoms with E-state index in [1.54, 1.807) is 0 Å². The fourth-order valence-electron chi connectivity index (χ4n) is 1.75. The predicted octanol–water partition coefficient (Wildman–Crippen LogP) is 1.57. The smallest absolute Gasteiger partial charge is 0.371 e. The van der Waals surface area contributed by atoms with Crippen LogP contribution in [0.4, 0.5) is 0 Å². The Labute approximate surface area is 125 Å². The molecule has 7 nitrogen and oxygen atoms in total. The molecule has 0 radical (unpaired) electrons. The highest BCUT2D eigenvalue weighted by molar-refractivity contribution is 7.89. The zero-order chi connectivity index (χ0) is 15.6. The Morgan fingerprint density at radius 3 is 2.71 bits per heavy atom. The van der Waals surface area contributed by atoms with Gasteiger partial charge in [-0.3, -0.25) is 0 Å². The van der Waals surface area contributed by atoms with Crippen molar-refractivity contribution >= 4 is 27.3 Å². The van der Waals surface area contributed by atoms with E-state index in [4.69, 9.17) is 9.52 Å². The van der Waals surface area contributed by atoms with Gasteiger partial charge in [0.2, 0.25) is 15.8 Å². The average molecular weight is 330 g/mol. The van der Waals surface area contributed by atoms with Crippen molar-refractivity contribution in [3.05, 3.63) is 33.7 Å². The van der Waals surface area contributed by atoms with Crippen LogP contribution >= 0.6 is 11.3 Å². The first-order valence-electron chi connectivity index (χ1n) is 6.04. The number of aromatic carboxylic acids is 1. The molecule has 0 amide bonds. The number of nitrogens with one attached hydrogen (secondary N) is 1. The van der Waals surface area contributed by atoms with Gasteiger partial charge in [0.25, 0.3) is 0 Å². The first-order valence-corrected chi connectivity index (χ1v) is 8.40. The molecule has 0 saturated heterocycles. The van der Waals surface area contributed by atoms with E-state index >= 15 is 0 Å². The second-order valence-electron chi connectivity index (χ2n) is 4.34. The summed E-state index contributed by atoms with van der Waals surface area (Å²) in [5, 5.41) is 11.6.